The fourth-order valence-electron chi connectivity index (χ4n) is 2.04. The van der Waals surface area contributed by atoms with E-state index in [4.69, 9.17) is 4.74 Å². The van der Waals surface area contributed by atoms with Crippen molar-refractivity contribution in [2.45, 2.75) is 52.2 Å². The first-order valence-corrected chi connectivity index (χ1v) is 5.84. The van der Waals surface area contributed by atoms with Gasteiger partial charge in [0.2, 0.25) is 0 Å². The second-order valence-corrected chi connectivity index (χ2v) is 5.26. The van der Waals surface area contributed by atoms with E-state index in [0.29, 0.717) is 6.54 Å². The number of aldehydes is 1. The summed E-state index contributed by atoms with van der Waals surface area (Å²) in [4.78, 5) is 24.4. The number of amides is 1. The molecule has 0 aromatic carbocycles. The van der Waals surface area contributed by atoms with Crippen molar-refractivity contribution in [1.29, 1.82) is 0 Å². The Morgan fingerprint density at radius 3 is 2.56 bits per heavy atom. The summed E-state index contributed by atoms with van der Waals surface area (Å²) < 4.78 is 5.27. The highest BCUT2D eigenvalue weighted by Crippen LogP contribution is 2.27. The summed E-state index contributed by atoms with van der Waals surface area (Å²) in [6, 6.07) is -0.306. The number of carbonyl (C=O) groups excluding carboxylic acids is 2. The fourth-order valence-corrected chi connectivity index (χ4v) is 2.04. The highest BCUT2D eigenvalue weighted by molar-refractivity contribution is 5.74. The summed E-state index contributed by atoms with van der Waals surface area (Å²) in [6.07, 6.45) is 2.30. The van der Waals surface area contributed by atoms with Crippen molar-refractivity contribution in [3.05, 3.63) is 0 Å². The third kappa shape index (κ3) is 2.97. The molecule has 0 aliphatic carbocycles. The number of rotatable bonds is 2. The number of likely N-dealkylation sites (tertiary alicyclic amines) is 1. The van der Waals surface area contributed by atoms with E-state index in [0.717, 1.165) is 19.1 Å². The van der Waals surface area contributed by atoms with Crippen molar-refractivity contribution >= 4 is 12.4 Å². The van der Waals surface area contributed by atoms with E-state index in [-0.39, 0.29) is 18.1 Å². The van der Waals surface area contributed by atoms with Crippen LogP contribution in [0.1, 0.15) is 40.5 Å². The summed E-state index contributed by atoms with van der Waals surface area (Å²) in [6.45, 7) is 8.15. The van der Waals surface area contributed by atoms with Gasteiger partial charge in [-0.15, -0.1) is 0 Å². The maximum absolute atomic E-state index is 11.8. The lowest BCUT2D eigenvalue weighted by molar-refractivity contribution is -0.112. The monoisotopic (exact) mass is 227 g/mol. The smallest absolute Gasteiger partial charge is 0.410 e. The fraction of sp³-hybridized carbons (Fsp3) is 0.833. The van der Waals surface area contributed by atoms with E-state index >= 15 is 0 Å². The van der Waals surface area contributed by atoms with Gasteiger partial charge >= 0.3 is 6.09 Å². The molecule has 0 spiro atoms. The first kappa shape index (κ1) is 13.0. The molecule has 4 nitrogen and oxygen atoms in total. The zero-order valence-electron chi connectivity index (χ0n) is 10.5. The maximum atomic E-state index is 11.8. The van der Waals surface area contributed by atoms with E-state index in [1.54, 1.807) is 4.90 Å². The molecule has 0 bridgehead atoms. The molecule has 1 aliphatic rings. The molecule has 0 aromatic rings. The van der Waals surface area contributed by atoms with Crippen LogP contribution in [0.4, 0.5) is 4.79 Å². The van der Waals surface area contributed by atoms with E-state index in [1.165, 1.54) is 0 Å². The van der Waals surface area contributed by atoms with Crippen LogP contribution in [-0.2, 0) is 9.53 Å². The van der Waals surface area contributed by atoms with Gasteiger partial charge in [0.1, 0.15) is 11.9 Å². The number of hydrogen-bond donors (Lipinski definition) is 0. The van der Waals surface area contributed by atoms with Gasteiger partial charge in [0.25, 0.3) is 0 Å². The molecule has 16 heavy (non-hydrogen) atoms. The van der Waals surface area contributed by atoms with Gasteiger partial charge in [0.05, 0.1) is 6.04 Å². The standard InChI is InChI=1S/C12H21NO3/c1-5-9-6-7-13(10(9)8-14)11(15)16-12(2,3)4/h8-10H,5-7H2,1-4H3. The first-order valence-electron chi connectivity index (χ1n) is 5.84. The van der Waals surface area contributed by atoms with Crippen LogP contribution < -0.4 is 0 Å². The highest BCUT2D eigenvalue weighted by atomic mass is 16.6. The van der Waals surface area contributed by atoms with Gasteiger partial charge in [-0.3, -0.25) is 4.90 Å². The van der Waals surface area contributed by atoms with Crippen LogP contribution >= 0.6 is 0 Å². The lowest BCUT2D eigenvalue weighted by Crippen LogP contribution is -2.42. The Morgan fingerprint density at radius 1 is 1.50 bits per heavy atom. The second-order valence-electron chi connectivity index (χ2n) is 5.26. The highest BCUT2D eigenvalue weighted by Gasteiger charge is 2.37. The Kier molecular flexibility index (Phi) is 3.94. The molecule has 0 aromatic heterocycles. The first-order chi connectivity index (χ1) is 7.39. The molecule has 1 fully saturated rings. The zero-order chi connectivity index (χ0) is 12.3. The van der Waals surface area contributed by atoms with Gasteiger partial charge < -0.3 is 9.53 Å². The van der Waals surface area contributed by atoms with E-state index in [1.807, 2.05) is 27.7 Å². The second kappa shape index (κ2) is 4.85. The SMILES string of the molecule is CCC1CCN(C(=O)OC(C)(C)C)C1C=O. The van der Waals surface area contributed by atoms with Crippen molar-refractivity contribution in [3.63, 3.8) is 0 Å². The minimum Gasteiger partial charge on any atom is -0.444 e. The Hall–Kier alpha value is -1.06. The predicted molar refractivity (Wildman–Crippen MR) is 61.2 cm³/mol. The summed E-state index contributed by atoms with van der Waals surface area (Å²) in [5.74, 6) is 0.282. The molecule has 1 heterocycles. The van der Waals surface area contributed by atoms with Crippen molar-refractivity contribution in [2.24, 2.45) is 5.92 Å². The third-order valence-electron chi connectivity index (χ3n) is 2.88. The van der Waals surface area contributed by atoms with Gasteiger partial charge in [0.15, 0.2) is 0 Å². The molecule has 1 aliphatic heterocycles. The molecule has 1 rings (SSSR count). The van der Waals surface area contributed by atoms with E-state index in [2.05, 4.69) is 0 Å². The minimum absolute atomic E-state index is 0.282. The van der Waals surface area contributed by atoms with Gasteiger partial charge in [-0.2, -0.15) is 0 Å². The zero-order valence-corrected chi connectivity index (χ0v) is 10.5. The molecule has 1 saturated heterocycles. The number of carbonyl (C=O) groups is 2. The van der Waals surface area contributed by atoms with Crippen LogP contribution in [0.3, 0.4) is 0 Å². The van der Waals surface area contributed by atoms with Crippen LogP contribution in [0, 0.1) is 5.92 Å². The van der Waals surface area contributed by atoms with Crippen molar-refractivity contribution < 1.29 is 14.3 Å². The summed E-state index contributed by atoms with van der Waals surface area (Å²) in [7, 11) is 0. The molecule has 92 valence electrons. The minimum atomic E-state index is -0.505. The molecule has 4 heteroatoms. The largest absolute Gasteiger partial charge is 0.444 e. The lowest BCUT2D eigenvalue weighted by atomic mass is 9.99. The van der Waals surface area contributed by atoms with Crippen molar-refractivity contribution in [2.75, 3.05) is 6.54 Å². The molecule has 2 atom stereocenters. The van der Waals surface area contributed by atoms with E-state index < -0.39 is 5.60 Å². The molecule has 0 N–H and O–H groups in total. The molecular formula is C12H21NO3. The van der Waals surface area contributed by atoms with Gasteiger partial charge in [-0.25, -0.2) is 4.79 Å². The normalized spacial score (nSPS) is 25.6. The Bertz CT molecular complexity index is 270. The Morgan fingerprint density at radius 2 is 2.12 bits per heavy atom. The Balaban J connectivity index is 2.67. The number of nitrogens with zero attached hydrogens (tertiary/aromatic N) is 1. The summed E-state index contributed by atoms with van der Waals surface area (Å²) in [5.41, 5.74) is -0.505. The molecule has 0 saturated carbocycles. The van der Waals surface area contributed by atoms with Crippen molar-refractivity contribution in [1.82, 2.24) is 4.90 Å². The topological polar surface area (TPSA) is 46.6 Å². The number of hydrogen-bond acceptors (Lipinski definition) is 3. The molecule has 0 radical (unpaired) electrons. The van der Waals surface area contributed by atoms with Crippen molar-refractivity contribution in [3.8, 4) is 0 Å². The average Bonchev–Trinajstić information content (AvgIpc) is 2.57. The van der Waals surface area contributed by atoms with Gasteiger partial charge in [-0.1, -0.05) is 13.3 Å². The van der Waals surface area contributed by atoms with Crippen LogP contribution in [-0.4, -0.2) is 35.5 Å². The maximum Gasteiger partial charge on any atom is 0.410 e. The predicted octanol–water partition coefficient (Wildman–Crippen LogP) is 2.22. The van der Waals surface area contributed by atoms with Gasteiger partial charge in [0, 0.05) is 6.54 Å². The summed E-state index contributed by atoms with van der Waals surface area (Å²) >= 11 is 0. The average molecular weight is 227 g/mol. The van der Waals surface area contributed by atoms with E-state index in [9.17, 15) is 9.59 Å². The van der Waals surface area contributed by atoms with Crippen LogP contribution in [0.15, 0.2) is 0 Å². The molecule has 1 amide bonds. The summed E-state index contributed by atoms with van der Waals surface area (Å²) in [5, 5.41) is 0. The van der Waals surface area contributed by atoms with Gasteiger partial charge in [-0.05, 0) is 33.1 Å². The van der Waals surface area contributed by atoms with Crippen LogP contribution in [0.2, 0.25) is 0 Å². The lowest BCUT2D eigenvalue weighted by Gasteiger charge is -2.27. The Labute approximate surface area is 96.9 Å². The number of ether oxygens (including phenoxy) is 1. The van der Waals surface area contributed by atoms with Crippen LogP contribution in [0.5, 0.6) is 0 Å². The van der Waals surface area contributed by atoms with Crippen LogP contribution in [0.25, 0.3) is 0 Å². The molecule has 2 unspecified atom stereocenters. The third-order valence-corrected chi connectivity index (χ3v) is 2.88. The quantitative estimate of drug-likeness (QED) is 0.679. The molecular weight excluding hydrogens is 206 g/mol.